The Morgan fingerprint density at radius 2 is 2.00 bits per heavy atom. The maximum Gasteiger partial charge on any atom is 0.303 e. The van der Waals surface area contributed by atoms with Crippen molar-refractivity contribution in [2.45, 2.75) is 33.3 Å². The molecule has 0 spiro atoms. The van der Waals surface area contributed by atoms with E-state index in [9.17, 15) is 14.4 Å². The van der Waals surface area contributed by atoms with Crippen LogP contribution in [0.25, 0.3) is 0 Å². The lowest BCUT2D eigenvalue weighted by atomic mass is 9.56. The first-order valence-corrected chi connectivity index (χ1v) is 5.25. The van der Waals surface area contributed by atoms with Gasteiger partial charge in [0.1, 0.15) is 5.78 Å². The van der Waals surface area contributed by atoms with E-state index in [1.54, 1.807) is 26.0 Å². The molecule has 3 rings (SSSR count). The lowest BCUT2D eigenvalue weighted by molar-refractivity contribution is -0.171. The van der Waals surface area contributed by atoms with Gasteiger partial charge in [-0.3, -0.25) is 14.4 Å². The van der Waals surface area contributed by atoms with Gasteiger partial charge in [0.15, 0.2) is 11.9 Å². The molecule has 16 heavy (non-hydrogen) atoms. The van der Waals surface area contributed by atoms with Crippen LogP contribution in [0.3, 0.4) is 0 Å². The number of fused-ring (bicyclic) bond motifs is 2. The highest BCUT2D eigenvalue weighted by Gasteiger charge is 2.59. The summed E-state index contributed by atoms with van der Waals surface area (Å²) in [7, 11) is 0. The number of hydrogen-bond donors (Lipinski definition) is 0. The van der Waals surface area contributed by atoms with Crippen molar-refractivity contribution in [1.82, 2.24) is 0 Å². The first-order chi connectivity index (χ1) is 7.29. The van der Waals surface area contributed by atoms with E-state index in [1.165, 1.54) is 6.92 Å². The van der Waals surface area contributed by atoms with Crippen molar-refractivity contribution in [1.29, 1.82) is 0 Å². The van der Waals surface area contributed by atoms with Gasteiger partial charge in [-0.2, -0.15) is 0 Å². The van der Waals surface area contributed by atoms with Crippen LogP contribution >= 0.6 is 0 Å². The summed E-state index contributed by atoms with van der Waals surface area (Å²) < 4.78 is 5.02. The Balaban J connectivity index is 2.47. The summed E-state index contributed by atoms with van der Waals surface area (Å²) in [6.07, 6.45) is 2.71. The van der Waals surface area contributed by atoms with Crippen LogP contribution in [0.5, 0.6) is 0 Å². The van der Waals surface area contributed by atoms with Crippen LogP contribution in [0.1, 0.15) is 27.2 Å². The topological polar surface area (TPSA) is 60.4 Å². The summed E-state index contributed by atoms with van der Waals surface area (Å²) in [6, 6.07) is 0. The molecule has 3 aliphatic carbocycles. The molecule has 0 aromatic carbocycles. The van der Waals surface area contributed by atoms with Crippen molar-refractivity contribution < 1.29 is 19.1 Å². The zero-order valence-electron chi connectivity index (χ0n) is 9.57. The summed E-state index contributed by atoms with van der Waals surface area (Å²) in [5, 5.41) is 0. The molecule has 0 aliphatic heterocycles. The van der Waals surface area contributed by atoms with E-state index in [0.29, 0.717) is 0 Å². The molecule has 0 aromatic rings. The summed E-state index contributed by atoms with van der Waals surface area (Å²) >= 11 is 0. The molecule has 0 N–H and O–H groups in total. The molecule has 0 saturated heterocycles. The number of Topliss-reactive ketones (excluding diaryl/α,β-unsaturated/α-hetero) is 2. The molecule has 1 saturated carbocycles. The van der Waals surface area contributed by atoms with Gasteiger partial charge in [0.05, 0.1) is 10.8 Å². The van der Waals surface area contributed by atoms with Gasteiger partial charge in [-0.15, -0.1) is 0 Å². The van der Waals surface area contributed by atoms with Gasteiger partial charge >= 0.3 is 5.97 Å². The lowest BCUT2D eigenvalue weighted by Crippen LogP contribution is -2.59. The number of ether oxygens (including phenoxy) is 1. The Morgan fingerprint density at radius 3 is 2.50 bits per heavy atom. The number of rotatable bonds is 1. The molecule has 0 aromatic heterocycles. The van der Waals surface area contributed by atoms with E-state index >= 15 is 0 Å². The Hall–Kier alpha value is -1.45. The van der Waals surface area contributed by atoms with E-state index in [1.807, 2.05) is 0 Å². The van der Waals surface area contributed by atoms with E-state index in [-0.39, 0.29) is 18.0 Å². The van der Waals surface area contributed by atoms with Crippen molar-refractivity contribution >= 4 is 17.5 Å². The Kier molecular flexibility index (Phi) is 2.09. The highest BCUT2D eigenvalue weighted by atomic mass is 16.5. The minimum Gasteiger partial charge on any atom is -0.453 e. The largest absolute Gasteiger partial charge is 0.453 e. The Morgan fingerprint density at radius 1 is 1.38 bits per heavy atom. The van der Waals surface area contributed by atoms with E-state index in [0.717, 1.165) is 0 Å². The van der Waals surface area contributed by atoms with Crippen LogP contribution in [0.4, 0.5) is 0 Å². The number of esters is 1. The van der Waals surface area contributed by atoms with Crippen molar-refractivity contribution in [3.63, 3.8) is 0 Å². The molecule has 0 amide bonds. The van der Waals surface area contributed by atoms with Gasteiger partial charge in [-0.1, -0.05) is 12.2 Å². The fourth-order valence-electron chi connectivity index (χ4n) is 2.35. The molecule has 0 radical (unpaired) electrons. The first kappa shape index (κ1) is 11.0. The third-order valence-corrected chi connectivity index (χ3v) is 3.56. The Bertz CT molecular complexity index is 423. The van der Waals surface area contributed by atoms with Crippen molar-refractivity contribution in [3.05, 3.63) is 12.2 Å². The molecule has 3 atom stereocenters. The number of carbonyl (C=O) groups excluding carboxylic acids is 3. The average Bonchev–Trinajstić information content (AvgIpc) is 2.17. The van der Waals surface area contributed by atoms with Crippen LogP contribution in [-0.2, 0) is 19.1 Å². The molecule has 2 bridgehead atoms. The first-order valence-electron chi connectivity index (χ1n) is 5.25. The third-order valence-electron chi connectivity index (χ3n) is 3.56. The van der Waals surface area contributed by atoms with Gasteiger partial charge in [0, 0.05) is 13.3 Å². The maximum absolute atomic E-state index is 12.1. The highest BCUT2D eigenvalue weighted by Crippen LogP contribution is 2.48. The van der Waals surface area contributed by atoms with Gasteiger partial charge in [0.2, 0.25) is 0 Å². The van der Waals surface area contributed by atoms with Gasteiger partial charge in [-0.25, -0.2) is 0 Å². The molecule has 3 aliphatic rings. The van der Waals surface area contributed by atoms with Crippen molar-refractivity contribution in [2.75, 3.05) is 0 Å². The monoisotopic (exact) mass is 222 g/mol. The fraction of sp³-hybridized carbons (Fsp3) is 0.583. The van der Waals surface area contributed by atoms with Crippen LogP contribution in [0.15, 0.2) is 12.2 Å². The number of hydrogen-bond acceptors (Lipinski definition) is 4. The zero-order chi connectivity index (χ0) is 12.1. The maximum atomic E-state index is 12.1. The van der Waals surface area contributed by atoms with Crippen molar-refractivity contribution in [3.8, 4) is 0 Å². The van der Waals surface area contributed by atoms with Crippen LogP contribution in [0.2, 0.25) is 0 Å². The smallest absolute Gasteiger partial charge is 0.303 e. The molecular formula is C12H14O4. The average molecular weight is 222 g/mol. The lowest BCUT2D eigenvalue weighted by Gasteiger charge is -2.47. The molecule has 2 unspecified atom stereocenters. The third kappa shape index (κ3) is 1.25. The standard InChI is InChI=1S/C12H14O4/c1-7(13)16-10-9(15)11(2)4-5-12(10,3)8(14)6-11/h4-5,10H,6H2,1-3H3/t10-,11?,12?/m1/s1. The van der Waals surface area contributed by atoms with E-state index in [4.69, 9.17) is 4.74 Å². The number of carbonyl (C=O) groups is 3. The van der Waals surface area contributed by atoms with E-state index in [2.05, 4.69) is 0 Å². The molecule has 1 fully saturated rings. The number of ketones is 2. The second-order valence-electron chi connectivity index (χ2n) is 4.99. The van der Waals surface area contributed by atoms with Crippen LogP contribution < -0.4 is 0 Å². The molecule has 86 valence electrons. The molecule has 4 nitrogen and oxygen atoms in total. The van der Waals surface area contributed by atoms with Gasteiger partial charge in [0.25, 0.3) is 0 Å². The predicted molar refractivity (Wildman–Crippen MR) is 55.5 cm³/mol. The van der Waals surface area contributed by atoms with Crippen LogP contribution in [0, 0.1) is 10.8 Å². The van der Waals surface area contributed by atoms with Crippen LogP contribution in [-0.4, -0.2) is 23.6 Å². The fourth-order valence-corrected chi connectivity index (χ4v) is 2.35. The van der Waals surface area contributed by atoms with E-state index < -0.39 is 22.9 Å². The zero-order valence-corrected chi connectivity index (χ0v) is 9.57. The summed E-state index contributed by atoms with van der Waals surface area (Å²) in [5.74, 6) is -0.743. The minimum atomic E-state index is -0.972. The SMILES string of the molecule is CC(=O)O[C@@H]1C(=O)C2(C)C=CC1(C)C(=O)C2. The molecule has 4 heteroatoms. The normalized spacial score (nSPS) is 41.3. The Labute approximate surface area is 93.7 Å². The second kappa shape index (κ2) is 3.03. The van der Waals surface area contributed by atoms with Gasteiger partial charge < -0.3 is 4.74 Å². The number of allylic oxidation sites excluding steroid dienone is 1. The molecular weight excluding hydrogens is 208 g/mol. The quantitative estimate of drug-likeness (QED) is 0.491. The minimum absolute atomic E-state index is 0.0386. The molecule has 0 heterocycles. The van der Waals surface area contributed by atoms with Crippen molar-refractivity contribution in [2.24, 2.45) is 10.8 Å². The predicted octanol–water partition coefficient (Wildman–Crippen LogP) is 1.04. The second-order valence-corrected chi connectivity index (χ2v) is 4.99. The van der Waals surface area contributed by atoms with Gasteiger partial charge in [-0.05, 0) is 13.8 Å². The summed E-state index contributed by atoms with van der Waals surface area (Å²) in [6.45, 7) is 4.60. The summed E-state index contributed by atoms with van der Waals surface area (Å²) in [4.78, 5) is 35.0. The highest BCUT2D eigenvalue weighted by molar-refractivity contribution is 6.08. The summed E-state index contributed by atoms with van der Waals surface area (Å²) in [5.41, 5.74) is -1.77.